The number of aliphatic hydroxyl groups excluding tert-OH is 1. The highest BCUT2D eigenvalue weighted by Gasteiger charge is 2.24. The molecule has 0 saturated carbocycles. The quantitative estimate of drug-likeness (QED) is 0.854. The van der Waals surface area contributed by atoms with Crippen LogP contribution in [-0.2, 0) is 0 Å². The average molecular weight is 288 g/mol. The molecule has 0 amide bonds. The normalized spacial score (nSPS) is 12.4. The van der Waals surface area contributed by atoms with Gasteiger partial charge in [-0.25, -0.2) is 18.0 Å². The molecule has 2 aromatic rings. The molecule has 19 heavy (non-hydrogen) atoms. The molecule has 2 rings (SSSR count). The van der Waals surface area contributed by atoms with Gasteiger partial charge in [-0.15, -0.1) is 11.3 Å². The van der Waals surface area contributed by atoms with Gasteiger partial charge in [-0.05, 0) is 17.5 Å². The van der Waals surface area contributed by atoms with E-state index in [1.807, 2.05) is 0 Å². The number of aliphatic hydroxyl groups is 1. The van der Waals surface area contributed by atoms with Crippen LogP contribution in [0.5, 0.6) is 0 Å². The fourth-order valence-corrected chi connectivity index (χ4v) is 2.49. The van der Waals surface area contributed by atoms with Crippen LogP contribution in [0.3, 0.4) is 0 Å². The van der Waals surface area contributed by atoms with Gasteiger partial charge in [0.05, 0.1) is 10.4 Å². The number of thiophene rings is 1. The predicted molar refractivity (Wildman–Crippen MR) is 61.7 cm³/mol. The molecular weight excluding hydrogens is 281 g/mol. The Balaban J connectivity index is 2.50. The second kappa shape index (κ2) is 5.02. The summed E-state index contributed by atoms with van der Waals surface area (Å²) in [6.07, 6.45) is -1.67. The molecule has 0 aliphatic carbocycles. The number of benzene rings is 1. The van der Waals surface area contributed by atoms with Crippen molar-refractivity contribution in [2.24, 2.45) is 0 Å². The lowest BCUT2D eigenvalue weighted by atomic mass is 10.0. The van der Waals surface area contributed by atoms with E-state index in [0.29, 0.717) is 12.1 Å². The van der Waals surface area contributed by atoms with Crippen LogP contribution in [0.15, 0.2) is 23.6 Å². The minimum Gasteiger partial charge on any atom is -0.478 e. The van der Waals surface area contributed by atoms with E-state index in [9.17, 15) is 23.1 Å². The number of hydrogen-bond donors (Lipinski definition) is 2. The molecule has 100 valence electrons. The van der Waals surface area contributed by atoms with Crippen molar-refractivity contribution in [1.29, 1.82) is 0 Å². The number of rotatable bonds is 3. The topological polar surface area (TPSA) is 57.5 Å². The van der Waals surface area contributed by atoms with E-state index in [0.717, 1.165) is 11.3 Å². The van der Waals surface area contributed by atoms with E-state index in [1.165, 1.54) is 11.4 Å². The van der Waals surface area contributed by atoms with E-state index < -0.39 is 35.1 Å². The molecule has 7 heteroatoms. The van der Waals surface area contributed by atoms with Crippen LogP contribution in [-0.4, -0.2) is 16.2 Å². The Morgan fingerprint density at radius 2 is 1.79 bits per heavy atom. The van der Waals surface area contributed by atoms with Crippen LogP contribution in [0.1, 0.15) is 26.9 Å². The Bertz CT molecular complexity index is 639. The van der Waals surface area contributed by atoms with Gasteiger partial charge >= 0.3 is 5.97 Å². The Morgan fingerprint density at radius 1 is 1.16 bits per heavy atom. The van der Waals surface area contributed by atoms with Crippen molar-refractivity contribution in [2.45, 2.75) is 6.10 Å². The zero-order chi connectivity index (χ0) is 14.2. The standard InChI is InChI=1S/C12H7F3O3S/c13-7-4-9(15)8(14)3-6(7)10(16)11-5(12(17)18)1-2-19-11/h1-4,10,16H,(H,17,18). The molecule has 0 radical (unpaired) electrons. The molecule has 1 heterocycles. The monoisotopic (exact) mass is 288 g/mol. The highest BCUT2D eigenvalue weighted by atomic mass is 32.1. The molecule has 0 saturated heterocycles. The number of aromatic carboxylic acids is 1. The first-order valence-corrected chi connectivity index (χ1v) is 5.93. The van der Waals surface area contributed by atoms with Gasteiger partial charge in [0.2, 0.25) is 0 Å². The maximum atomic E-state index is 13.5. The summed E-state index contributed by atoms with van der Waals surface area (Å²) < 4.78 is 39.3. The van der Waals surface area contributed by atoms with E-state index in [4.69, 9.17) is 5.11 Å². The Hall–Kier alpha value is -1.86. The Morgan fingerprint density at radius 3 is 2.42 bits per heavy atom. The SMILES string of the molecule is O=C(O)c1ccsc1C(O)c1cc(F)c(F)cc1F. The molecule has 0 aliphatic heterocycles. The smallest absolute Gasteiger partial charge is 0.336 e. The summed E-state index contributed by atoms with van der Waals surface area (Å²) >= 11 is 0.886. The molecule has 0 fully saturated rings. The minimum atomic E-state index is -1.67. The zero-order valence-corrected chi connectivity index (χ0v) is 10.0. The van der Waals surface area contributed by atoms with Crippen molar-refractivity contribution in [3.05, 3.63) is 57.0 Å². The highest BCUT2D eigenvalue weighted by Crippen LogP contribution is 2.32. The zero-order valence-electron chi connectivity index (χ0n) is 9.23. The van der Waals surface area contributed by atoms with Gasteiger partial charge in [0.1, 0.15) is 11.9 Å². The third kappa shape index (κ3) is 2.47. The van der Waals surface area contributed by atoms with E-state index in [-0.39, 0.29) is 10.4 Å². The highest BCUT2D eigenvalue weighted by molar-refractivity contribution is 7.10. The molecule has 0 aliphatic rings. The summed E-state index contributed by atoms with van der Waals surface area (Å²) in [5.74, 6) is -5.13. The lowest BCUT2D eigenvalue weighted by molar-refractivity contribution is 0.0692. The lowest BCUT2D eigenvalue weighted by Gasteiger charge is -2.12. The van der Waals surface area contributed by atoms with E-state index in [2.05, 4.69) is 0 Å². The van der Waals surface area contributed by atoms with Gasteiger partial charge in [0, 0.05) is 11.6 Å². The fourth-order valence-electron chi connectivity index (χ4n) is 1.60. The van der Waals surface area contributed by atoms with Crippen LogP contribution in [0.2, 0.25) is 0 Å². The molecule has 3 nitrogen and oxygen atoms in total. The maximum absolute atomic E-state index is 13.5. The number of carboxylic acid groups (broad SMARTS) is 1. The molecule has 2 N–H and O–H groups in total. The van der Waals surface area contributed by atoms with Crippen molar-refractivity contribution in [2.75, 3.05) is 0 Å². The summed E-state index contributed by atoms with van der Waals surface area (Å²) in [5.41, 5.74) is -0.717. The van der Waals surface area contributed by atoms with Gasteiger partial charge in [-0.2, -0.15) is 0 Å². The van der Waals surface area contributed by atoms with Gasteiger partial charge in [-0.1, -0.05) is 0 Å². The number of hydrogen-bond acceptors (Lipinski definition) is 3. The number of carboxylic acids is 1. The Labute approximate surface area is 109 Å². The van der Waals surface area contributed by atoms with Crippen LogP contribution < -0.4 is 0 Å². The van der Waals surface area contributed by atoms with Crippen LogP contribution >= 0.6 is 11.3 Å². The second-order valence-electron chi connectivity index (χ2n) is 3.69. The van der Waals surface area contributed by atoms with Crippen LogP contribution in [0.4, 0.5) is 13.2 Å². The summed E-state index contributed by atoms with van der Waals surface area (Å²) in [6.45, 7) is 0. The Kier molecular flexibility index (Phi) is 3.59. The van der Waals surface area contributed by atoms with Crippen molar-refractivity contribution in [3.8, 4) is 0 Å². The third-order valence-corrected chi connectivity index (χ3v) is 3.48. The first kappa shape index (κ1) is 13.6. The molecular formula is C12H7F3O3S. The van der Waals surface area contributed by atoms with Crippen molar-refractivity contribution in [3.63, 3.8) is 0 Å². The molecule has 0 spiro atoms. The third-order valence-electron chi connectivity index (χ3n) is 2.51. The molecule has 1 aromatic heterocycles. The molecule has 1 aromatic carbocycles. The van der Waals surface area contributed by atoms with Gasteiger partial charge in [0.15, 0.2) is 11.6 Å². The second-order valence-corrected chi connectivity index (χ2v) is 4.64. The molecule has 1 atom stereocenters. The average Bonchev–Trinajstić information content (AvgIpc) is 2.82. The van der Waals surface area contributed by atoms with Crippen molar-refractivity contribution < 1.29 is 28.2 Å². The van der Waals surface area contributed by atoms with E-state index >= 15 is 0 Å². The predicted octanol–water partition coefficient (Wildman–Crippen LogP) is 2.95. The first-order chi connectivity index (χ1) is 8.91. The fraction of sp³-hybridized carbons (Fsp3) is 0.0833. The van der Waals surface area contributed by atoms with Crippen molar-refractivity contribution in [1.82, 2.24) is 0 Å². The van der Waals surface area contributed by atoms with Crippen LogP contribution in [0, 0.1) is 17.5 Å². The van der Waals surface area contributed by atoms with E-state index in [1.54, 1.807) is 0 Å². The summed E-state index contributed by atoms with van der Waals surface area (Å²) in [4.78, 5) is 10.8. The van der Waals surface area contributed by atoms with Gasteiger partial charge in [0.25, 0.3) is 0 Å². The first-order valence-electron chi connectivity index (χ1n) is 5.05. The minimum absolute atomic E-state index is 0.0441. The summed E-state index contributed by atoms with van der Waals surface area (Å²) in [5, 5.41) is 20.2. The molecule has 0 bridgehead atoms. The van der Waals surface area contributed by atoms with Crippen molar-refractivity contribution >= 4 is 17.3 Å². The lowest BCUT2D eigenvalue weighted by Crippen LogP contribution is -2.07. The summed E-state index contributed by atoms with van der Waals surface area (Å²) in [7, 11) is 0. The van der Waals surface area contributed by atoms with Gasteiger partial charge in [-0.3, -0.25) is 0 Å². The number of halogens is 3. The number of carbonyl (C=O) groups is 1. The van der Waals surface area contributed by atoms with Crippen LogP contribution in [0.25, 0.3) is 0 Å². The maximum Gasteiger partial charge on any atom is 0.336 e. The largest absolute Gasteiger partial charge is 0.478 e. The molecule has 1 unspecified atom stereocenters. The summed E-state index contributed by atoms with van der Waals surface area (Å²) in [6, 6.07) is 2.06. The van der Waals surface area contributed by atoms with Gasteiger partial charge < -0.3 is 10.2 Å².